The highest BCUT2D eigenvalue weighted by Crippen LogP contribution is 2.25. The Balaban J connectivity index is 1.97. The molecule has 0 aliphatic heterocycles. The standard InChI is InChI=1S/C15H15Cl3N2S/c16-11-2-1-3-14(7-11)21-9-13(20-19)6-10-4-5-12(17)8-15(10)18/h1-5,7-8,13,20H,6,9,19H2. The highest BCUT2D eigenvalue weighted by atomic mass is 35.5. The number of halogens is 3. The fourth-order valence-electron chi connectivity index (χ4n) is 1.87. The molecule has 2 nitrogen and oxygen atoms in total. The van der Waals surface area contributed by atoms with Crippen LogP contribution in [0, 0.1) is 0 Å². The van der Waals surface area contributed by atoms with Gasteiger partial charge in [-0.25, -0.2) is 0 Å². The van der Waals surface area contributed by atoms with E-state index in [4.69, 9.17) is 40.6 Å². The molecule has 2 aromatic rings. The van der Waals surface area contributed by atoms with Crippen molar-refractivity contribution in [1.29, 1.82) is 0 Å². The van der Waals surface area contributed by atoms with E-state index < -0.39 is 0 Å². The highest BCUT2D eigenvalue weighted by molar-refractivity contribution is 7.99. The van der Waals surface area contributed by atoms with E-state index in [0.717, 1.165) is 27.7 Å². The van der Waals surface area contributed by atoms with Crippen LogP contribution in [0.4, 0.5) is 0 Å². The van der Waals surface area contributed by atoms with Crippen LogP contribution in [-0.2, 0) is 6.42 Å². The molecule has 1 unspecified atom stereocenters. The molecule has 0 aromatic heterocycles. The Hall–Kier alpha value is -0.420. The molecule has 3 N–H and O–H groups in total. The normalized spacial score (nSPS) is 12.4. The highest BCUT2D eigenvalue weighted by Gasteiger charge is 2.11. The monoisotopic (exact) mass is 360 g/mol. The molecule has 0 spiro atoms. The van der Waals surface area contributed by atoms with Gasteiger partial charge in [0.25, 0.3) is 0 Å². The number of hydrogen-bond acceptors (Lipinski definition) is 3. The van der Waals surface area contributed by atoms with Gasteiger partial charge in [-0.1, -0.05) is 46.9 Å². The number of rotatable bonds is 6. The van der Waals surface area contributed by atoms with E-state index in [1.54, 1.807) is 17.8 Å². The van der Waals surface area contributed by atoms with E-state index in [1.807, 2.05) is 36.4 Å². The van der Waals surface area contributed by atoms with Gasteiger partial charge in [0, 0.05) is 31.8 Å². The smallest absolute Gasteiger partial charge is 0.0453 e. The average Bonchev–Trinajstić information content (AvgIpc) is 2.45. The van der Waals surface area contributed by atoms with Crippen LogP contribution in [0.15, 0.2) is 47.4 Å². The Bertz CT molecular complexity index is 607. The molecular weight excluding hydrogens is 347 g/mol. The summed E-state index contributed by atoms with van der Waals surface area (Å²) in [5, 5.41) is 2.03. The van der Waals surface area contributed by atoms with Crippen LogP contribution in [0.3, 0.4) is 0 Å². The second-order valence-electron chi connectivity index (χ2n) is 4.57. The summed E-state index contributed by atoms with van der Waals surface area (Å²) in [6.45, 7) is 0. The van der Waals surface area contributed by atoms with Gasteiger partial charge >= 0.3 is 0 Å². The van der Waals surface area contributed by atoms with Crippen molar-refractivity contribution in [3.05, 3.63) is 63.1 Å². The van der Waals surface area contributed by atoms with Gasteiger partial charge in [0.05, 0.1) is 0 Å². The minimum Gasteiger partial charge on any atom is -0.271 e. The van der Waals surface area contributed by atoms with E-state index in [2.05, 4.69) is 5.43 Å². The lowest BCUT2D eigenvalue weighted by Crippen LogP contribution is -2.38. The van der Waals surface area contributed by atoms with Crippen molar-refractivity contribution in [1.82, 2.24) is 5.43 Å². The van der Waals surface area contributed by atoms with Gasteiger partial charge in [-0.15, -0.1) is 11.8 Å². The Morgan fingerprint density at radius 2 is 1.81 bits per heavy atom. The number of thioether (sulfide) groups is 1. The first-order valence-electron chi connectivity index (χ1n) is 6.37. The van der Waals surface area contributed by atoms with Gasteiger partial charge in [-0.05, 0) is 42.3 Å². The molecule has 112 valence electrons. The summed E-state index contributed by atoms with van der Waals surface area (Å²) < 4.78 is 0. The van der Waals surface area contributed by atoms with E-state index >= 15 is 0 Å². The number of nitrogens with two attached hydrogens (primary N) is 1. The van der Waals surface area contributed by atoms with Crippen molar-refractivity contribution >= 4 is 46.6 Å². The van der Waals surface area contributed by atoms with Crippen molar-refractivity contribution in [3.8, 4) is 0 Å². The second-order valence-corrected chi connectivity index (χ2v) is 6.95. The van der Waals surface area contributed by atoms with Crippen LogP contribution in [-0.4, -0.2) is 11.8 Å². The van der Waals surface area contributed by atoms with Crippen molar-refractivity contribution in [2.45, 2.75) is 17.4 Å². The number of nitrogens with one attached hydrogen (secondary N) is 1. The van der Waals surface area contributed by atoms with Crippen LogP contribution in [0.5, 0.6) is 0 Å². The molecule has 0 fully saturated rings. The molecule has 6 heteroatoms. The zero-order valence-electron chi connectivity index (χ0n) is 11.2. The first-order chi connectivity index (χ1) is 10.1. The summed E-state index contributed by atoms with van der Waals surface area (Å²) in [4.78, 5) is 1.12. The largest absolute Gasteiger partial charge is 0.271 e. The van der Waals surface area contributed by atoms with Gasteiger partial charge < -0.3 is 0 Å². The van der Waals surface area contributed by atoms with Gasteiger partial charge in [0.1, 0.15) is 0 Å². The topological polar surface area (TPSA) is 38.0 Å². The average molecular weight is 362 g/mol. The van der Waals surface area contributed by atoms with Gasteiger partial charge in [0.2, 0.25) is 0 Å². The van der Waals surface area contributed by atoms with Crippen LogP contribution < -0.4 is 11.3 Å². The van der Waals surface area contributed by atoms with E-state index in [0.29, 0.717) is 10.0 Å². The Kier molecular flexibility index (Phi) is 6.68. The number of benzene rings is 2. The molecule has 1 atom stereocenters. The third-order valence-corrected chi connectivity index (χ3v) is 4.94. The predicted molar refractivity (Wildman–Crippen MR) is 93.5 cm³/mol. The molecule has 0 heterocycles. The molecule has 21 heavy (non-hydrogen) atoms. The maximum absolute atomic E-state index is 6.19. The van der Waals surface area contributed by atoms with E-state index in [9.17, 15) is 0 Å². The Labute approximate surface area is 143 Å². The Morgan fingerprint density at radius 3 is 2.48 bits per heavy atom. The first kappa shape index (κ1) is 16.9. The summed E-state index contributed by atoms with van der Waals surface area (Å²) >= 11 is 19.8. The third-order valence-electron chi connectivity index (χ3n) is 2.96. The summed E-state index contributed by atoms with van der Waals surface area (Å²) in [6, 6.07) is 13.4. The molecule has 0 radical (unpaired) electrons. The molecule has 0 saturated heterocycles. The Morgan fingerprint density at radius 1 is 1.05 bits per heavy atom. The maximum atomic E-state index is 6.19. The summed E-state index contributed by atoms with van der Waals surface area (Å²) in [6.07, 6.45) is 0.736. The molecule has 0 aliphatic carbocycles. The maximum Gasteiger partial charge on any atom is 0.0453 e. The van der Waals surface area contributed by atoms with Crippen molar-refractivity contribution < 1.29 is 0 Å². The lowest BCUT2D eigenvalue weighted by molar-refractivity contribution is 0.575. The van der Waals surface area contributed by atoms with Crippen LogP contribution >= 0.6 is 46.6 Å². The summed E-state index contributed by atoms with van der Waals surface area (Å²) in [5.41, 5.74) is 3.86. The second kappa shape index (κ2) is 8.28. The van der Waals surface area contributed by atoms with Crippen LogP contribution in [0.25, 0.3) is 0 Å². The molecule has 2 rings (SSSR count). The van der Waals surface area contributed by atoms with Crippen LogP contribution in [0.2, 0.25) is 15.1 Å². The lowest BCUT2D eigenvalue weighted by atomic mass is 10.1. The molecule has 2 aromatic carbocycles. The lowest BCUT2D eigenvalue weighted by Gasteiger charge is -2.16. The van der Waals surface area contributed by atoms with Crippen LogP contribution in [0.1, 0.15) is 5.56 Å². The minimum atomic E-state index is 0.104. The molecular formula is C15H15Cl3N2S. The van der Waals surface area contributed by atoms with Crippen molar-refractivity contribution in [2.24, 2.45) is 5.84 Å². The SMILES string of the molecule is NNC(CSc1cccc(Cl)c1)Cc1ccc(Cl)cc1Cl. The fourth-order valence-corrected chi connectivity index (χ4v) is 3.61. The van der Waals surface area contributed by atoms with Gasteiger partial charge in [-0.3, -0.25) is 11.3 Å². The zero-order chi connectivity index (χ0) is 15.2. The summed E-state index contributed by atoms with van der Waals surface area (Å²) in [5.74, 6) is 6.45. The summed E-state index contributed by atoms with van der Waals surface area (Å²) in [7, 11) is 0. The fraction of sp³-hybridized carbons (Fsp3) is 0.200. The molecule has 0 bridgehead atoms. The molecule has 0 aliphatic rings. The van der Waals surface area contributed by atoms with E-state index in [-0.39, 0.29) is 6.04 Å². The first-order valence-corrected chi connectivity index (χ1v) is 8.49. The number of hydrogen-bond donors (Lipinski definition) is 2. The number of hydrazine groups is 1. The van der Waals surface area contributed by atoms with Crippen molar-refractivity contribution in [2.75, 3.05) is 5.75 Å². The van der Waals surface area contributed by atoms with E-state index in [1.165, 1.54) is 0 Å². The predicted octanol–water partition coefficient (Wildman–Crippen LogP) is 4.81. The zero-order valence-corrected chi connectivity index (χ0v) is 14.2. The minimum absolute atomic E-state index is 0.104. The van der Waals surface area contributed by atoms with Crippen molar-refractivity contribution in [3.63, 3.8) is 0 Å². The van der Waals surface area contributed by atoms with Gasteiger partial charge in [0.15, 0.2) is 0 Å². The quantitative estimate of drug-likeness (QED) is 0.440. The van der Waals surface area contributed by atoms with Gasteiger partial charge in [-0.2, -0.15) is 0 Å². The third kappa shape index (κ3) is 5.37. The molecule has 0 saturated carbocycles. The molecule has 0 amide bonds.